The molecular formula is C23H29N7O2Si. The van der Waals surface area contributed by atoms with Crippen LogP contribution in [0.3, 0.4) is 0 Å². The number of rotatable bonds is 10. The van der Waals surface area contributed by atoms with Gasteiger partial charge in [0, 0.05) is 38.4 Å². The van der Waals surface area contributed by atoms with E-state index in [2.05, 4.69) is 55.4 Å². The maximum atomic E-state index is 5.91. The second kappa shape index (κ2) is 9.97. The van der Waals surface area contributed by atoms with Crippen LogP contribution in [-0.2, 0) is 11.3 Å². The maximum absolute atomic E-state index is 5.91. The normalized spacial score (nSPS) is 11.5. The van der Waals surface area contributed by atoms with Crippen molar-refractivity contribution in [1.29, 1.82) is 0 Å². The number of nitrogens with zero attached hydrogens (tertiary/aromatic N) is 4. The van der Waals surface area contributed by atoms with E-state index in [1.165, 1.54) is 6.33 Å². The van der Waals surface area contributed by atoms with Gasteiger partial charge < -0.3 is 20.1 Å². The number of pyridine rings is 1. The quantitative estimate of drug-likeness (QED) is 0.220. The molecule has 3 heterocycles. The Kier molecular flexibility index (Phi) is 6.85. The van der Waals surface area contributed by atoms with Crippen LogP contribution in [0.25, 0.3) is 10.9 Å². The SMILES string of the molecule is COc1cc2[nH]nc(COCC[Si](C)(C)C)c2cc1Nc1cc(Nc2ccccn2)ncn1. The Morgan fingerprint density at radius 1 is 0.970 bits per heavy atom. The van der Waals surface area contributed by atoms with E-state index in [9.17, 15) is 0 Å². The van der Waals surface area contributed by atoms with Crippen LogP contribution >= 0.6 is 0 Å². The van der Waals surface area contributed by atoms with Crippen molar-refractivity contribution in [2.45, 2.75) is 32.3 Å². The first-order valence-electron chi connectivity index (χ1n) is 10.8. The van der Waals surface area contributed by atoms with Crippen molar-refractivity contribution in [3.05, 3.63) is 54.6 Å². The van der Waals surface area contributed by atoms with Crippen molar-refractivity contribution in [2.75, 3.05) is 24.4 Å². The van der Waals surface area contributed by atoms with E-state index >= 15 is 0 Å². The Morgan fingerprint density at radius 2 is 1.79 bits per heavy atom. The van der Waals surface area contributed by atoms with E-state index in [0.717, 1.165) is 34.9 Å². The molecule has 4 rings (SSSR count). The number of methoxy groups -OCH3 is 1. The van der Waals surface area contributed by atoms with E-state index < -0.39 is 8.07 Å². The van der Waals surface area contributed by atoms with Crippen LogP contribution in [0, 0.1) is 0 Å². The van der Waals surface area contributed by atoms with Crippen molar-refractivity contribution >= 4 is 42.1 Å². The number of H-pyrrole nitrogens is 1. The van der Waals surface area contributed by atoms with Gasteiger partial charge in [-0.1, -0.05) is 25.7 Å². The van der Waals surface area contributed by atoms with Crippen LogP contribution in [0.2, 0.25) is 25.7 Å². The average molecular weight is 464 g/mol. The minimum atomic E-state index is -1.13. The van der Waals surface area contributed by atoms with Crippen LogP contribution in [0.15, 0.2) is 48.9 Å². The Hall–Kier alpha value is -3.50. The number of hydrogen-bond acceptors (Lipinski definition) is 8. The molecule has 4 aromatic rings. The summed E-state index contributed by atoms with van der Waals surface area (Å²) in [4.78, 5) is 12.9. The van der Waals surface area contributed by atoms with Crippen molar-refractivity contribution in [3.8, 4) is 5.75 Å². The molecule has 0 saturated heterocycles. The fraction of sp³-hybridized carbons (Fsp3) is 0.304. The number of ether oxygens (including phenoxy) is 2. The molecule has 3 aromatic heterocycles. The fourth-order valence-corrected chi connectivity index (χ4v) is 3.98. The molecule has 1 aromatic carbocycles. The molecule has 33 heavy (non-hydrogen) atoms. The van der Waals surface area contributed by atoms with Crippen LogP contribution in [0.5, 0.6) is 5.75 Å². The van der Waals surface area contributed by atoms with Crippen LogP contribution in [-0.4, -0.2) is 46.9 Å². The van der Waals surface area contributed by atoms with Gasteiger partial charge >= 0.3 is 0 Å². The van der Waals surface area contributed by atoms with Gasteiger partial charge in [-0.3, -0.25) is 5.10 Å². The Labute approximate surface area is 194 Å². The summed E-state index contributed by atoms with van der Waals surface area (Å²) in [6, 6.07) is 12.5. The van der Waals surface area contributed by atoms with Gasteiger partial charge in [-0.15, -0.1) is 0 Å². The summed E-state index contributed by atoms with van der Waals surface area (Å²) in [5.74, 6) is 2.64. The maximum Gasteiger partial charge on any atom is 0.144 e. The lowest BCUT2D eigenvalue weighted by Crippen LogP contribution is -2.21. The highest BCUT2D eigenvalue weighted by atomic mass is 28.3. The molecule has 0 bridgehead atoms. The standard InChI is InChI=1S/C23H29N7O2Si/c1-31-20-12-17-16(19(30-29-17)14-32-9-10-33(2,3)4)11-18(20)27-22-13-23(26-15-25-22)28-21-7-5-6-8-24-21/h5-8,11-13,15H,9-10,14H2,1-4H3,(H,29,30)(H2,24,25,26,27,28). The van der Waals surface area contributed by atoms with E-state index in [1.54, 1.807) is 13.3 Å². The highest BCUT2D eigenvalue weighted by Gasteiger charge is 2.15. The predicted octanol–water partition coefficient (Wildman–Crippen LogP) is 5.10. The summed E-state index contributed by atoms with van der Waals surface area (Å²) in [5, 5.41) is 15.0. The smallest absolute Gasteiger partial charge is 0.144 e. The molecule has 0 aliphatic heterocycles. The number of benzene rings is 1. The van der Waals surface area contributed by atoms with E-state index in [0.29, 0.717) is 29.8 Å². The molecule has 0 aliphatic rings. The molecule has 172 valence electrons. The molecule has 3 N–H and O–H groups in total. The van der Waals surface area contributed by atoms with Gasteiger partial charge in [0.1, 0.15) is 29.5 Å². The zero-order valence-corrected chi connectivity index (χ0v) is 20.3. The summed E-state index contributed by atoms with van der Waals surface area (Å²) < 4.78 is 11.5. The minimum Gasteiger partial charge on any atom is -0.494 e. The van der Waals surface area contributed by atoms with Crippen LogP contribution in [0.4, 0.5) is 23.1 Å². The summed E-state index contributed by atoms with van der Waals surface area (Å²) in [6.45, 7) is 8.24. The zero-order valence-electron chi connectivity index (χ0n) is 19.3. The monoisotopic (exact) mass is 463 g/mol. The van der Waals surface area contributed by atoms with Crippen molar-refractivity contribution in [1.82, 2.24) is 25.1 Å². The molecule has 0 fully saturated rings. The second-order valence-corrected chi connectivity index (χ2v) is 14.5. The molecular weight excluding hydrogens is 434 g/mol. The summed E-state index contributed by atoms with van der Waals surface area (Å²) in [6.07, 6.45) is 3.22. The lowest BCUT2D eigenvalue weighted by atomic mass is 10.1. The molecule has 0 spiro atoms. The molecule has 0 amide bonds. The predicted molar refractivity (Wildman–Crippen MR) is 133 cm³/mol. The fourth-order valence-electron chi connectivity index (χ4n) is 3.22. The Balaban J connectivity index is 1.52. The lowest BCUT2D eigenvalue weighted by Gasteiger charge is -2.15. The molecule has 0 atom stereocenters. The van der Waals surface area contributed by atoms with Gasteiger partial charge in [0.25, 0.3) is 0 Å². The van der Waals surface area contributed by atoms with Crippen molar-refractivity contribution in [3.63, 3.8) is 0 Å². The van der Waals surface area contributed by atoms with Crippen molar-refractivity contribution < 1.29 is 9.47 Å². The Bertz CT molecular complexity index is 1210. The van der Waals surface area contributed by atoms with Crippen LogP contribution < -0.4 is 15.4 Å². The summed E-state index contributed by atoms with van der Waals surface area (Å²) in [5.41, 5.74) is 2.53. The average Bonchev–Trinajstić information content (AvgIpc) is 3.18. The van der Waals surface area contributed by atoms with E-state index in [1.807, 2.05) is 36.4 Å². The van der Waals surface area contributed by atoms with Gasteiger partial charge in [-0.05, 0) is 24.2 Å². The number of anilines is 4. The molecule has 0 saturated carbocycles. The number of aromatic amines is 1. The van der Waals surface area contributed by atoms with E-state index in [-0.39, 0.29) is 0 Å². The van der Waals surface area contributed by atoms with Crippen molar-refractivity contribution in [2.24, 2.45) is 0 Å². The zero-order chi connectivity index (χ0) is 23.3. The second-order valence-electron chi connectivity index (χ2n) is 8.89. The van der Waals surface area contributed by atoms with E-state index in [4.69, 9.17) is 9.47 Å². The largest absolute Gasteiger partial charge is 0.494 e. The van der Waals surface area contributed by atoms with Gasteiger partial charge in [0.15, 0.2) is 0 Å². The van der Waals surface area contributed by atoms with Gasteiger partial charge in [-0.2, -0.15) is 5.10 Å². The third-order valence-electron chi connectivity index (χ3n) is 5.05. The molecule has 9 nitrogen and oxygen atoms in total. The highest BCUT2D eigenvalue weighted by molar-refractivity contribution is 6.76. The van der Waals surface area contributed by atoms with Gasteiger partial charge in [0.05, 0.1) is 30.6 Å². The third kappa shape index (κ3) is 6.05. The minimum absolute atomic E-state index is 0.460. The molecule has 0 aliphatic carbocycles. The Morgan fingerprint density at radius 3 is 2.52 bits per heavy atom. The summed E-state index contributed by atoms with van der Waals surface area (Å²) in [7, 11) is 0.508. The number of aromatic nitrogens is 5. The topological polar surface area (TPSA) is 110 Å². The number of fused-ring (bicyclic) bond motifs is 1. The lowest BCUT2D eigenvalue weighted by molar-refractivity contribution is 0.131. The van der Waals surface area contributed by atoms with Crippen LogP contribution in [0.1, 0.15) is 5.69 Å². The number of nitrogens with one attached hydrogen (secondary N) is 3. The third-order valence-corrected chi connectivity index (χ3v) is 6.75. The highest BCUT2D eigenvalue weighted by Crippen LogP contribution is 2.33. The number of hydrogen-bond donors (Lipinski definition) is 3. The van der Waals surface area contributed by atoms with Gasteiger partial charge in [-0.25, -0.2) is 15.0 Å². The van der Waals surface area contributed by atoms with Gasteiger partial charge in [0.2, 0.25) is 0 Å². The first-order valence-corrected chi connectivity index (χ1v) is 14.5. The molecule has 0 unspecified atom stereocenters. The molecule has 10 heteroatoms. The first kappa shape index (κ1) is 22.7. The first-order chi connectivity index (χ1) is 15.9. The summed E-state index contributed by atoms with van der Waals surface area (Å²) >= 11 is 0. The molecule has 0 radical (unpaired) electrons.